The highest BCUT2D eigenvalue weighted by Gasteiger charge is 2.44. The van der Waals surface area contributed by atoms with E-state index in [0.717, 1.165) is 0 Å². The SMILES string of the molecule is [C-]#[N+]c1ccc(Nc2ncnc(OC3C4COCC3CN(C(=O)OC(C)(C)C)C4)c2N)c(Cl)c1. The first-order chi connectivity index (χ1) is 16.1. The number of amides is 1. The molecular formula is C23H27ClN6O4. The number of hydrogen-bond donors (Lipinski definition) is 2. The topological polar surface area (TPSA) is 116 Å². The van der Waals surface area contributed by atoms with Gasteiger partial charge in [-0.25, -0.2) is 14.6 Å². The highest BCUT2D eigenvalue weighted by molar-refractivity contribution is 6.33. The van der Waals surface area contributed by atoms with Gasteiger partial charge in [-0.2, -0.15) is 4.98 Å². The molecule has 0 radical (unpaired) electrons. The van der Waals surface area contributed by atoms with Gasteiger partial charge in [0, 0.05) is 24.9 Å². The number of aromatic nitrogens is 2. The van der Waals surface area contributed by atoms with E-state index in [2.05, 4.69) is 20.1 Å². The summed E-state index contributed by atoms with van der Waals surface area (Å²) in [5.41, 5.74) is 6.99. The summed E-state index contributed by atoms with van der Waals surface area (Å²) in [4.78, 5) is 26.1. The van der Waals surface area contributed by atoms with Crippen LogP contribution in [-0.4, -0.2) is 59.0 Å². The van der Waals surface area contributed by atoms with Crippen LogP contribution in [0.4, 0.5) is 27.7 Å². The Labute approximate surface area is 203 Å². The van der Waals surface area contributed by atoms with Crippen molar-refractivity contribution in [2.75, 3.05) is 37.4 Å². The maximum Gasteiger partial charge on any atom is 0.410 e. The number of nitrogens with two attached hydrogens (primary N) is 1. The summed E-state index contributed by atoms with van der Waals surface area (Å²) >= 11 is 6.27. The summed E-state index contributed by atoms with van der Waals surface area (Å²) in [6.07, 6.45) is 0.799. The van der Waals surface area contributed by atoms with Crippen LogP contribution in [0, 0.1) is 18.4 Å². The zero-order valence-electron chi connectivity index (χ0n) is 19.2. The van der Waals surface area contributed by atoms with Gasteiger partial charge in [0.1, 0.15) is 23.7 Å². The molecule has 2 unspecified atom stereocenters. The Morgan fingerprint density at radius 1 is 1.29 bits per heavy atom. The number of nitrogen functional groups attached to an aromatic ring is 1. The van der Waals surface area contributed by atoms with E-state index < -0.39 is 5.60 Å². The molecule has 1 aromatic heterocycles. The lowest BCUT2D eigenvalue weighted by Gasteiger charge is -2.46. The summed E-state index contributed by atoms with van der Waals surface area (Å²) in [5, 5.41) is 3.45. The number of likely N-dealkylation sites (tertiary alicyclic amines) is 1. The highest BCUT2D eigenvalue weighted by atomic mass is 35.5. The van der Waals surface area contributed by atoms with Crippen molar-refractivity contribution in [1.29, 1.82) is 0 Å². The predicted molar refractivity (Wildman–Crippen MR) is 127 cm³/mol. The van der Waals surface area contributed by atoms with Crippen molar-refractivity contribution in [3.63, 3.8) is 0 Å². The fourth-order valence-corrected chi connectivity index (χ4v) is 4.29. The monoisotopic (exact) mass is 486 g/mol. The van der Waals surface area contributed by atoms with Gasteiger partial charge in [-0.15, -0.1) is 0 Å². The lowest BCUT2D eigenvalue weighted by molar-refractivity contribution is -0.113. The van der Waals surface area contributed by atoms with E-state index in [4.69, 9.17) is 38.1 Å². The first-order valence-electron chi connectivity index (χ1n) is 10.9. The molecule has 1 amide bonds. The smallest absolute Gasteiger partial charge is 0.410 e. The fourth-order valence-electron chi connectivity index (χ4n) is 4.07. The average molecular weight is 487 g/mol. The number of halogens is 1. The molecule has 34 heavy (non-hydrogen) atoms. The molecule has 3 heterocycles. The molecule has 4 rings (SSSR count). The molecule has 180 valence electrons. The molecule has 2 aliphatic rings. The van der Waals surface area contributed by atoms with Crippen LogP contribution in [0.2, 0.25) is 5.02 Å². The largest absolute Gasteiger partial charge is 0.472 e. The number of ether oxygens (including phenoxy) is 3. The van der Waals surface area contributed by atoms with E-state index in [-0.39, 0.29) is 35.6 Å². The fraction of sp³-hybridized carbons (Fsp3) is 0.478. The maximum atomic E-state index is 12.6. The molecule has 3 N–H and O–H groups in total. The van der Waals surface area contributed by atoms with Crippen molar-refractivity contribution in [2.45, 2.75) is 32.5 Å². The highest BCUT2D eigenvalue weighted by Crippen LogP contribution is 2.36. The van der Waals surface area contributed by atoms with Crippen molar-refractivity contribution in [3.8, 4) is 5.88 Å². The number of nitrogens with zero attached hydrogens (tertiary/aromatic N) is 4. The Kier molecular flexibility index (Phi) is 6.68. The maximum absolute atomic E-state index is 12.6. The Morgan fingerprint density at radius 2 is 2.00 bits per heavy atom. The third-order valence-corrected chi connectivity index (χ3v) is 5.90. The minimum absolute atomic E-state index is 0.0543. The van der Waals surface area contributed by atoms with Crippen LogP contribution in [0.25, 0.3) is 4.85 Å². The number of benzene rings is 1. The number of nitrogens with one attached hydrogen (secondary N) is 1. The number of carbonyl (C=O) groups excluding carboxylic acids is 1. The Hall–Kier alpha value is -3.29. The Morgan fingerprint density at radius 3 is 2.62 bits per heavy atom. The lowest BCUT2D eigenvalue weighted by atomic mass is 9.84. The summed E-state index contributed by atoms with van der Waals surface area (Å²) < 4.78 is 17.5. The number of carbonyl (C=O) groups is 1. The first-order valence-corrected chi connectivity index (χ1v) is 11.3. The quantitative estimate of drug-likeness (QED) is 0.615. The summed E-state index contributed by atoms with van der Waals surface area (Å²) in [5.74, 6) is 0.483. The zero-order valence-corrected chi connectivity index (χ0v) is 20.0. The molecular weight excluding hydrogens is 460 g/mol. The van der Waals surface area contributed by atoms with Crippen LogP contribution < -0.4 is 15.8 Å². The number of rotatable bonds is 4. The van der Waals surface area contributed by atoms with Crippen molar-refractivity contribution in [2.24, 2.45) is 11.8 Å². The van der Waals surface area contributed by atoms with Gasteiger partial charge in [-0.3, -0.25) is 0 Å². The second-order valence-electron chi connectivity index (χ2n) is 9.37. The van der Waals surface area contributed by atoms with Crippen LogP contribution in [0.5, 0.6) is 5.88 Å². The van der Waals surface area contributed by atoms with Gasteiger partial charge in [0.25, 0.3) is 0 Å². The van der Waals surface area contributed by atoms with Gasteiger partial charge in [0.15, 0.2) is 11.5 Å². The van der Waals surface area contributed by atoms with Gasteiger partial charge in [-0.05, 0) is 32.9 Å². The van der Waals surface area contributed by atoms with E-state index in [0.29, 0.717) is 48.5 Å². The number of hydrogen-bond acceptors (Lipinski definition) is 8. The van der Waals surface area contributed by atoms with Crippen LogP contribution in [0.3, 0.4) is 0 Å². The summed E-state index contributed by atoms with van der Waals surface area (Å²) in [6, 6.07) is 4.90. The minimum Gasteiger partial charge on any atom is -0.472 e. The van der Waals surface area contributed by atoms with Crippen LogP contribution in [0.15, 0.2) is 24.5 Å². The van der Waals surface area contributed by atoms with Crippen LogP contribution in [-0.2, 0) is 9.47 Å². The minimum atomic E-state index is -0.561. The van der Waals surface area contributed by atoms with Crippen LogP contribution >= 0.6 is 11.6 Å². The normalized spacial score (nSPS) is 22.0. The molecule has 2 saturated heterocycles. The predicted octanol–water partition coefficient (Wildman–Crippen LogP) is 4.27. The van der Waals surface area contributed by atoms with Crippen molar-refractivity contribution < 1.29 is 19.0 Å². The van der Waals surface area contributed by atoms with E-state index in [9.17, 15) is 4.79 Å². The molecule has 0 aliphatic carbocycles. The van der Waals surface area contributed by atoms with E-state index in [1.54, 1.807) is 23.1 Å². The number of fused-ring (bicyclic) bond motifs is 2. The van der Waals surface area contributed by atoms with Crippen molar-refractivity contribution >= 4 is 40.6 Å². The molecule has 2 aliphatic heterocycles. The molecule has 2 fully saturated rings. The van der Waals surface area contributed by atoms with E-state index >= 15 is 0 Å². The lowest BCUT2D eigenvalue weighted by Crippen LogP contribution is -2.59. The van der Waals surface area contributed by atoms with Crippen molar-refractivity contribution in [3.05, 3.63) is 41.0 Å². The van der Waals surface area contributed by atoms with Crippen molar-refractivity contribution in [1.82, 2.24) is 14.9 Å². The third kappa shape index (κ3) is 5.26. The summed E-state index contributed by atoms with van der Waals surface area (Å²) in [6.45, 7) is 14.5. The second-order valence-corrected chi connectivity index (χ2v) is 9.77. The Bertz CT molecular complexity index is 1100. The molecule has 0 spiro atoms. The van der Waals surface area contributed by atoms with E-state index in [1.807, 2.05) is 20.8 Å². The van der Waals surface area contributed by atoms with Gasteiger partial charge >= 0.3 is 6.09 Å². The van der Waals surface area contributed by atoms with E-state index in [1.165, 1.54) is 6.33 Å². The Balaban J connectivity index is 1.49. The van der Waals surface area contributed by atoms with Gasteiger partial charge in [-0.1, -0.05) is 17.7 Å². The second kappa shape index (κ2) is 9.52. The third-order valence-electron chi connectivity index (χ3n) is 5.58. The molecule has 2 atom stereocenters. The van der Waals surface area contributed by atoms with Gasteiger partial charge < -0.3 is 30.2 Å². The summed E-state index contributed by atoms with van der Waals surface area (Å²) in [7, 11) is 0. The molecule has 1 aromatic carbocycles. The molecule has 11 heteroatoms. The number of piperidine rings is 1. The van der Waals surface area contributed by atoms with Gasteiger partial charge in [0.05, 0.1) is 30.5 Å². The zero-order chi connectivity index (χ0) is 24.5. The van der Waals surface area contributed by atoms with Crippen LogP contribution in [0.1, 0.15) is 20.8 Å². The standard InChI is InChI=1S/C23H27ClN6O4/c1-23(2,3)34-22(31)30-8-13-10-32-11-14(9-30)19(13)33-21-18(25)20(27-12-28-21)29-17-6-5-15(26-4)7-16(17)24/h5-7,12-14,19H,8-11,25H2,1-3H3,(H,27,28,29). The molecule has 10 nitrogen and oxygen atoms in total. The molecule has 0 saturated carbocycles. The molecule has 2 aromatic rings. The van der Waals surface area contributed by atoms with Gasteiger partial charge in [0.2, 0.25) is 5.88 Å². The first kappa shape index (κ1) is 23.9. The number of anilines is 3. The average Bonchev–Trinajstić information content (AvgIpc) is 2.76. The molecule has 2 bridgehead atoms.